The van der Waals surface area contributed by atoms with Gasteiger partial charge in [0.2, 0.25) is 0 Å². The Morgan fingerprint density at radius 2 is 1.73 bits per heavy atom. The number of aryl methyl sites for hydroxylation is 1. The minimum Gasteiger partial charge on any atom is -0.481 e. The summed E-state index contributed by atoms with van der Waals surface area (Å²) >= 11 is 11.8. The number of carbonyl (C=O) groups is 1. The monoisotopic (exact) mass is 337 g/mol. The smallest absolute Gasteiger partial charge is 0.265 e. The van der Waals surface area contributed by atoms with Crippen molar-refractivity contribution in [3.63, 3.8) is 0 Å². The number of rotatable bonds is 5. The lowest BCUT2D eigenvalue weighted by molar-refractivity contribution is -0.122. The number of hydrogen-bond acceptors (Lipinski definition) is 2. The lowest BCUT2D eigenvalue weighted by Crippen LogP contribution is -2.30. The zero-order chi connectivity index (χ0) is 16.1. The van der Waals surface area contributed by atoms with Gasteiger partial charge in [0.25, 0.3) is 5.91 Å². The van der Waals surface area contributed by atoms with Crippen LogP contribution in [0.5, 0.6) is 5.75 Å². The summed E-state index contributed by atoms with van der Waals surface area (Å²) in [5.41, 5.74) is 1.76. The molecule has 0 saturated carbocycles. The van der Waals surface area contributed by atoms with E-state index in [1.54, 1.807) is 25.1 Å². The van der Waals surface area contributed by atoms with E-state index in [9.17, 15) is 4.79 Å². The first-order valence-corrected chi connectivity index (χ1v) is 7.76. The summed E-state index contributed by atoms with van der Waals surface area (Å²) in [7, 11) is 0. The Bertz CT molecular complexity index is 636. The van der Waals surface area contributed by atoms with Gasteiger partial charge in [0.15, 0.2) is 6.10 Å². The third-order valence-electron chi connectivity index (χ3n) is 3.14. The van der Waals surface area contributed by atoms with Gasteiger partial charge in [0.1, 0.15) is 5.75 Å². The Morgan fingerprint density at radius 1 is 1.14 bits per heavy atom. The number of amides is 1. The molecule has 0 saturated heterocycles. The summed E-state index contributed by atoms with van der Waals surface area (Å²) in [5, 5.41) is 3.66. The lowest BCUT2D eigenvalue weighted by Gasteiger charge is -2.15. The molecule has 0 aliphatic heterocycles. The molecule has 2 aromatic rings. The molecule has 1 unspecified atom stereocenters. The SMILES string of the molecule is CCc1ccc(OC(C)C(=O)Nc2cc(Cl)cc(Cl)c2)cc1. The summed E-state index contributed by atoms with van der Waals surface area (Å²) in [6.07, 6.45) is 0.330. The van der Waals surface area contributed by atoms with E-state index in [4.69, 9.17) is 27.9 Å². The first-order chi connectivity index (χ1) is 10.5. The van der Waals surface area contributed by atoms with Crippen molar-refractivity contribution in [3.8, 4) is 5.75 Å². The van der Waals surface area contributed by atoms with E-state index in [1.807, 2.05) is 24.3 Å². The molecule has 22 heavy (non-hydrogen) atoms. The van der Waals surface area contributed by atoms with Crippen molar-refractivity contribution in [1.29, 1.82) is 0 Å². The summed E-state index contributed by atoms with van der Waals surface area (Å²) in [6, 6.07) is 12.6. The van der Waals surface area contributed by atoms with Crippen LogP contribution in [0.3, 0.4) is 0 Å². The van der Waals surface area contributed by atoms with Crippen LogP contribution in [-0.2, 0) is 11.2 Å². The highest BCUT2D eigenvalue weighted by Gasteiger charge is 2.15. The lowest BCUT2D eigenvalue weighted by atomic mass is 10.2. The molecule has 0 fully saturated rings. The average molecular weight is 338 g/mol. The van der Waals surface area contributed by atoms with Crippen molar-refractivity contribution in [3.05, 3.63) is 58.1 Å². The quantitative estimate of drug-likeness (QED) is 0.837. The van der Waals surface area contributed by atoms with Gasteiger partial charge in [-0.15, -0.1) is 0 Å². The van der Waals surface area contributed by atoms with Gasteiger partial charge >= 0.3 is 0 Å². The largest absolute Gasteiger partial charge is 0.481 e. The van der Waals surface area contributed by atoms with Crippen molar-refractivity contribution in [2.45, 2.75) is 26.4 Å². The molecule has 2 aromatic carbocycles. The highest BCUT2D eigenvalue weighted by atomic mass is 35.5. The fraction of sp³-hybridized carbons (Fsp3) is 0.235. The van der Waals surface area contributed by atoms with Crippen LogP contribution in [0, 0.1) is 0 Å². The van der Waals surface area contributed by atoms with Crippen molar-refractivity contribution in [2.75, 3.05) is 5.32 Å². The first-order valence-electron chi connectivity index (χ1n) is 7.00. The van der Waals surface area contributed by atoms with Gasteiger partial charge in [-0.1, -0.05) is 42.3 Å². The van der Waals surface area contributed by atoms with Crippen molar-refractivity contribution >= 4 is 34.8 Å². The molecule has 5 heteroatoms. The molecular formula is C17H17Cl2NO2. The van der Waals surface area contributed by atoms with E-state index >= 15 is 0 Å². The third-order valence-corrected chi connectivity index (χ3v) is 3.58. The van der Waals surface area contributed by atoms with Crippen molar-refractivity contribution in [2.24, 2.45) is 0 Å². The van der Waals surface area contributed by atoms with Gasteiger partial charge in [-0.25, -0.2) is 0 Å². The van der Waals surface area contributed by atoms with E-state index in [0.717, 1.165) is 6.42 Å². The van der Waals surface area contributed by atoms with E-state index in [0.29, 0.717) is 21.5 Å². The summed E-state index contributed by atoms with van der Waals surface area (Å²) < 4.78 is 5.63. The van der Waals surface area contributed by atoms with Crippen molar-refractivity contribution in [1.82, 2.24) is 0 Å². The standard InChI is InChI=1S/C17H17Cl2NO2/c1-3-12-4-6-16(7-5-12)22-11(2)17(21)20-15-9-13(18)8-14(19)10-15/h4-11H,3H2,1-2H3,(H,20,21). The molecule has 0 aliphatic rings. The van der Waals surface area contributed by atoms with Gasteiger partial charge < -0.3 is 10.1 Å². The Hall–Kier alpha value is -1.71. The minimum atomic E-state index is -0.634. The van der Waals surface area contributed by atoms with Crippen LogP contribution < -0.4 is 10.1 Å². The van der Waals surface area contributed by atoms with Crippen molar-refractivity contribution < 1.29 is 9.53 Å². The molecule has 2 rings (SSSR count). The predicted octanol–water partition coefficient (Wildman–Crippen LogP) is 4.96. The van der Waals surface area contributed by atoms with E-state index in [2.05, 4.69) is 12.2 Å². The predicted molar refractivity (Wildman–Crippen MR) is 91.0 cm³/mol. The summed E-state index contributed by atoms with van der Waals surface area (Å²) in [6.45, 7) is 3.78. The first kappa shape index (κ1) is 16.7. The van der Waals surface area contributed by atoms with Gasteiger partial charge in [0.05, 0.1) is 0 Å². The molecular weight excluding hydrogens is 321 g/mol. The molecule has 0 spiro atoms. The molecule has 0 aromatic heterocycles. The number of halogens is 2. The number of anilines is 1. The van der Waals surface area contributed by atoms with Crippen LogP contribution in [0.4, 0.5) is 5.69 Å². The van der Waals surface area contributed by atoms with Crippen LogP contribution in [0.25, 0.3) is 0 Å². The average Bonchev–Trinajstić information content (AvgIpc) is 2.46. The molecule has 0 heterocycles. The zero-order valence-corrected chi connectivity index (χ0v) is 13.9. The second-order valence-electron chi connectivity index (χ2n) is 4.90. The fourth-order valence-electron chi connectivity index (χ4n) is 1.93. The summed E-state index contributed by atoms with van der Waals surface area (Å²) in [4.78, 5) is 12.1. The van der Waals surface area contributed by atoms with E-state index in [1.165, 1.54) is 5.56 Å². The van der Waals surface area contributed by atoms with E-state index < -0.39 is 6.10 Å². The minimum absolute atomic E-state index is 0.266. The molecule has 0 aliphatic carbocycles. The molecule has 3 nitrogen and oxygen atoms in total. The maximum Gasteiger partial charge on any atom is 0.265 e. The number of carbonyl (C=O) groups excluding carboxylic acids is 1. The second-order valence-corrected chi connectivity index (χ2v) is 5.78. The van der Waals surface area contributed by atoms with Crippen LogP contribution in [0.1, 0.15) is 19.4 Å². The third kappa shape index (κ3) is 4.65. The van der Waals surface area contributed by atoms with Gasteiger partial charge in [-0.3, -0.25) is 4.79 Å². The van der Waals surface area contributed by atoms with E-state index in [-0.39, 0.29) is 5.91 Å². The van der Waals surface area contributed by atoms with Crippen LogP contribution >= 0.6 is 23.2 Å². The normalized spacial score (nSPS) is 11.8. The second kappa shape index (κ2) is 7.52. The van der Waals surface area contributed by atoms with Gasteiger partial charge in [-0.05, 0) is 49.2 Å². The highest BCUT2D eigenvalue weighted by molar-refractivity contribution is 6.35. The highest BCUT2D eigenvalue weighted by Crippen LogP contribution is 2.23. The molecule has 1 N–H and O–H groups in total. The number of benzene rings is 2. The fourth-order valence-corrected chi connectivity index (χ4v) is 2.46. The Labute approximate surface area is 140 Å². The molecule has 0 bridgehead atoms. The van der Waals surface area contributed by atoms with Crippen LogP contribution in [0.15, 0.2) is 42.5 Å². The van der Waals surface area contributed by atoms with Crippen LogP contribution in [0.2, 0.25) is 10.0 Å². The maximum absolute atomic E-state index is 12.1. The summed E-state index contributed by atoms with van der Waals surface area (Å²) in [5.74, 6) is 0.391. The topological polar surface area (TPSA) is 38.3 Å². The van der Waals surface area contributed by atoms with Gasteiger partial charge in [0, 0.05) is 15.7 Å². The maximum atomic E-state index is 12.1. The molecule has 1 atom stereocenters. The zero-order valence-electron chi connectivity index (χ0n) is 12.4. The number of nitrogens with one attached hydrogen (secondary N) is 1. The Kier molecular flexibility index (Phi) is 5.69. The molecule has 116 valence electrons. The van der Waals surface area contributed by atoms with Gasteiger partial charge in [-0.2, -0.15) is 0 Å². The number of ether oxygens (including phenoxy) is 1. The molecule has 1 amide bonds. The molecule has 0 radical (unpaired) electrons. The Balaban J connectivity index is 1.99. The number of hydrogen-bond donors (Lipinski definition) is 1. The van der Waals surface area contributed by atoms with Crippen LogP contribution in [-0.4, -0.2) is 12.0 Å². The Morgan fingerprint density at radius 3 is 2.27 bits per heavy atom.